The largest absolute Gasteiger partial charge is 0.494 e. The zero-order valence-electron chi connectivity index (χ0n) is 67.6. The molecule has 0 spiro atoms. The number of hydrogen-bond acceptors (Lipinski definition) is 11. The highest BCUT2D eigenvalue weighted by Crippen LogP contribution is 2.45. The van der Waals surface area contributed by atoms with Gasteiger partial charge in [0.2, 0.25) is 11.8 Å². The summed E-state index contributed by atoms with van der Waals surface area (Å²) in [6.45, 7) is 16.5. The molecule has 11 nitrogen and oxygen atoms in total. The quantitative estimate of drug-likeness (QED) is 0.0502. The van der Waals surface area contributed by atoms with Crippen LogP contribution in [0.4, 0.5) is 0 Å². The van der Waals surface area contributed by atoms with E-state index in [2.05, 4.69) is 337 Å². The van der Waals surface area contributed by atoms with E-state index in [-0.39, 0.29) is 24.0 Å². The normalized spacial score (nSPS) is 14.4. The predicted octanol–water partition coefficient (Wildman–Crippen LogP) is 26.8. The molecule has 5 aromatic heterocycles. The van der Waals surface area contributed by atoms with E-state index in [1.165, 1.54) is 11.1 Å². The maximum absolute atomic E-state index is 6.88. The van der Waals surface area contributed by atoms with E-state index >= 15 is 0 Å². The van der Waals surface area contributed by atoms with Crippen molar-refractivity contribution in [3.8, 4) is 113 Å². The molecule has 0 bridgehead atoms. The monoisotopic (exact) mass is 1740 g/mol. The lowest BCUT2D eigenvalue weighted by atomic mass is 9.71. The molecular weight excluding hydrogens is 1660 g/mol. The smallest absolute Gasteiger partial charge is 0.435 e. The maximum Gasteiger partial charge on any atom is 0.494 e. The van der Waals surface area contributed by atoms with Crippen LogP contribution in [0.5, 0.6) is 0 Å². The molecule has 2 fully saturated rings. The molecule has 14 aromatic carbocycles. The first kappa shape index (κ1) is 78.8. The van der Waals surface area contributed by atoms with Crippen LogP contribution < -0.4 is 10.9 Å². The molecule has 21 rings (SSSR count). The molecule has 0 radical (unpaired) electrons. The molecule has 2 aliphatic heterocycles. The first-order chi connectivity index (χ1) is 57.8. The van der Waals surface area contributed by atoms with Crippen molar-refractivity contribution >= 4 is 130 Å². The molecule has 15 heteroatoms. The predicted molar refractivity (Wildman–Crippen MR) is 507 cm³/mol. The Balaban J connectivity index is 0.000000139. The van der Waals surface area contributed by atoms with Gasteiger partial charge in [-0.3, -0.25) is 0 Å². The highest BCUT2D eigenvalue weighted by molar-refractivity contribution is 14.0. The van der Waals surface area contributed by atoms with Crippen LogP contribution in [0.3, 0.4) is 0 Å². The first-order valence-corrected chi connectivity index (χ1v) is 41.1. The second kappa shape index (κ2) is 32.4. The molecule has 0 atom stereocenters. The van der Waals surface area contributed by atoms with Crippen LogP contribution in [0, 0.1) is 0 Å². The number of nitrogens with zero attached hydrogens (tertiary/aromatic N) is 5. The van der Waals surface area contributed by atoms with Crippen molar-refractivity contribution in [2.45, 2.75) is 77.8 Å². The molecule has 0 amide bonds. The van der Waals surface area contributed by atoms with E-state index in [4.69, 9.17) is 47.4 Å². The fourth-order valence-corrected chi connectivity index (χ4v) is 16.3. The van der Waals surface area contributed by atoms with E-state index in [0.29, 0.717) is 11.8 Å². The second-order valence-electron chi connectivity index (χ2n) is 32.5. The third kappa shape index (κ3) is 15.5. The third-order valence-corrected chi connectivity index (χ3v) is 24.0. The molecule has 0 aliphatic carbocycles. The summed E-state index contributed by atoms with van der Waals surface area (Å²) in [4.78, 5) is 25.6. The van der Waals surface area contributed by atoms with Crippen LogP contribution in [0.15, 0.2) is 365 Å². The molecule has 19 aromatic rings. The van der Waals surface area contributed by atoms with Crippen molar-refractivity contribution in [2.24, 2.45) is 0 Å². The van der Waals surface area contributed by atoms with Crippen molar-refractivity contribution in [3.63, 3.8) is 0 Å². The molecule has 0 saturated carbocycles. The van der Waals surface area contributed by atoms with Crippen molar-refractivity contribution < 1.29 is 27.5 Å². The van der Waals surface area contributed by atoms with Gasteiger partial charge in [-0.1, -0.05) is 285 Å². The van der Waals surface area contributed by atoms with Crippen molar-refractivity contribution in [3.05, 3.63) is 356 Å². The Hall–Kier alpha value is -12.3. The zero-order valence-corrected chi connectivity index (χ0v) is 71.5. The van der Waals surface area contributed by atoms with E-state index in [1.54, 1.807) is 0 Å². The van der Waals surface area contributed by atoms with Crippen LogP contribution in [0.25, 0.3) is 178 Å². The summed E-state index contributed by atoms with van der Waals surface area (Å²) in [7, 11) is -1.13. The van der Waals surface area contributed by atoms with Gasteiger partial charge in [-0.25, -0.2) is 24.9 Å². The number of halogens is 2. The summed E-state index contributed by atoms with van der Waals surface area (Å²) in [6, 6.07) is 121. The summed E-state index contributed by atoms with van der Waals surface area (Å²) in [5.74, 6) is 1.06. The lowest BCUT2D eigenvalue weighted by Crippen LogP contribution is -2.41. The number of fused-ring (bicyclic) bond motifs is 12. The van der Waals surface area contributed by atoms with Gasteiger partial charge in [0.25, 0.3) is 0 Å². The van der Waals surface area contributed by atoms with E-state index in [1.807, 2.05) is 91.0 Å². The lowest BCUT2D eigenvalue weighted by molar-refractivity contribution is 0.00578. The highest BCUT2D eigenvalue weighted by Gasteiger charge is 2.54. The summed E-state index contributed by atoms with van der Waals surface area (Å²) in [5.41, 5.74) is 21.0. The molecule has 2 aliphatic rings. The molecule has 0 N–H and O–H groups in total. The van der Waals surface area contributed by atoms with Crippen LogP contribution >= 0.6 is 39.9 Å². The van der Waals surface area contributed by atoms with Crippen LogP contribution in [0.2, 0.25) is 0 Å². The summed E-state index contributed by atoms with van der Waals surface area (Å²) >= 11 is 3.50. The summed E-state index contributed by atoms with van der Waals surface area (Å²) in [5, 5.41) is 8.76. The Bertz CT molecular complexity index is 6490. The van der Waals surface area contributed by atoms with Gasteiger partial charge in [0, 0.05) is 60.5 Å². The Morgan fingerprint density at radius 2 is 0.475 bits per heavy atom. The summed E-state index contributed by atoms with van der Waals surface area (Å²) < 4.78 is 40.2. The molecule has 7 heterocycles. The highest BCUT2D eigenvalue weighted by atomic mass is 127. The maximum atomic E-state index is 6.88. The van der Waals surface area contributed by atoms with E-state index < -0.39 is 36.6 Å². The Morgan fingerprint density at radius 3 is 0.808 bits per heavy atom. The minimum atomic E-state index is -0.563. The van der Waals surface area contributed by atoms with Crippen molar-refractivity contribution in [2.75, 3.05) is 0 Å². The number of rotatable bonds is 12. The Labute approximate surface area is 724 Å². The number of benzene rings is 14. The Kier molecular flexibility index (Phi) is 21.3. The van der Waals surface area contributed by atoms with Gasteiger partial charge in [0.05, 0.1) is 50.9 Å². The number of aromatic nitrogens is 5. The molecule has 120 heavy (non-hydrogen) atoms. The van der Waals surface area contributed by atoms with Gasteiger partial charge in [0.15, 0.2) is 11.2 Å². The SMILES string of the molecule is Brc1cc(-c2ccccc2)cc(-c2ccccc2)n1.CC1(C)OB(c2cc(B3OC(C)(C)C(C)(C)O3)cc(-c3nc4c5ccccc5c5ccccc5c4o3)c2)OC1(C)C.I.c1ccc(-c2cc(-c3ccccc3)nc(-c3cc(-c4cc(-c5ccccc5)cc(-c5ccccc5)n4)cc(-c4nc5c6ccccc6c6ccccc6c5o4)c3)c2)cc1. The average Bonchev–Trinajstić information content (AvgIpc) is 1.54. The van der Waals surface area contributed by atoms with Crippen LogP contribution in [0.1, 0.15) is 55.4 Å². The number of pyridine rings is 3. The van der Waals surface area contributed by atoms with E-state index in [9.17, 15) is 0 Å². The van der Waals surface area contributed by atoms with Gasteiger partial charge in [-0.2, -0.15) is 0 Å². The minimum absolute atomic E-state index is 0. The van der Waals surface area contributed by atoms with Crippen LogP contribution in [-0.2, 0) is 18.6 Å². The topological polar surface area (TPSA) is 128 Å². The van der Waals surface area contributed by atoms with Gasteiger partial charge in [-0.05, 0) is 204 Å². The van der Waals surface area contributed by atoms with Crippen molar-refractivity contribution in [1.82, 2.24) is 24.9 Å². The number of oxazole rings is 2. The molecule has 2 saturated heterocycles. The molecule has 0 unspecified atom stereocenters. The van der Waals surface area contributed by atoms with Gasteiger partial charge in [0.1, 0.15) is 15.6 Å². The van der Waals surface area contributed by atoms with Gasteiger partial charge in [-0.15, -0.1) is 24.0 Å². The second-order valence-corrected chi connectivity index (χ2v) is 33.3. The zero-order chi connectivity index (χ0) is 81.2. The lowest BCUT2D eigenvalue weighted by Gasteiger charge is -2.32. The van der Waals surface area contributed by atoms with E-state index in [0.717, 1.165) is 170 Å². The summed E-state index contributed by atoms with van der Waals surface area (Å²) in [6.07, 6.45) is 0. The standard InChI is InChI=1S/C55H35N3O.C33H35B2NO5.C17H12BrN.HI/c1-5-17-36(18-6-1)40-32-49(38-21-9-3-10-22-38)56-51(34-40)42-29-43(52-35-41(37-19-7-2-8-20-37)33-50(57-52)39-23-11-4-12-24-39)31-44(30-42)55-58-53-47-27-15-13-25-45(47)46-26-14-16-28-48(46)54(53)59-55;1-30(2)31(3,4)39-34(38-30)21-17-20(18-22(19-21)35-40-32(5,6)33(7,8)41-35)29-36-27-25-15-11-9-13-23(25)24-14-10-12-16-26(24)28(27)37-29;18-17-12-15(13-7-3-1-4-8-13)11-16(19-17)14-9-5-2-6-10-14;/h1-35H;9-19H,1-8H3;1-12H;1H. The minimum Gasteiger partial charge on any atom is -0.435 e. The number of hydrogen-bond donors (Lipinski definition) is 0. The molecular formula is C105H83B2BrIN5O6. The Morgan fingerprint density at radius 1 is 0.225 bits per heavy atom. The van der Waals surface area contributed by atoms with Crippen LogP contribution in [-0.4, -0.2) is 61.6 Å². The van der Waals surface area contributed by atoms with Gasteiger partial charge >= 0.3 is 14.2 Å². The third-order valence-electron chi connectivity index (χ3n) is 23.6. The fraction of sp³-hybridized carbons (Fsp3) is 0.114. The average molecular weight is 1740 g/mol. The fourth-order valence-electron chi connectivity index (χ4n) is 15.9. The molecule has 584 valence electrons. The van der Waals surface area contributed by atoms with Gasteiger partial charge < -0.3 is 27.5 Å². The first-order valence-electron chi connectivity index (χ1n) is 40.3. The van der Waals surface area contributed by atoms with Crippen molar-refractivity contribution in [1.29, 1.82) is 0 Å².